The summed E-state index contributed by atoms with van der Waals surface area (Å²) in [7, 11) is 0. The predicted molar refractivity (Wildman–Crippen MR) is 211 cm³/mol. The maximum absolute atomic E-state index is 6.21. The molecule has 8 aromatic carbocycles. The Kier molecular flexibility index (Phi) is 5.83. The van der Waals surface area contributed by atoms with Crippen LogP contribution < -0.4 is 0 Å². The molecule has 0 aliphatic rings. The first kappa shape index (κ1) is 27.6. The highest BCUT2D eigenvalue weighted by Crippen LogP contribution is 2.41. The minimum atomic E-state index is 0.545. The molecule has 11 aromatic rings. The van der Waals surface area contributed by atoms with E-state index in [1.165, 1.54) is 58.1 Å². The van der Waals surface area contributed by atoms with Crippen LogP contribution in [-0.4, -0.2) is 9.97 Å². The number of aromatic nitrogens is 2. The van der Waals surface area contributed by atoms with Crippen molar-refractivity contribution in [2.45, 2.75) is 0 Å². The van der Waals surface area contributed by atoms with Crippen LogP contribution in [-0.2, 0) is 0 Å². The molecule has 0 aliphatic carbocycles. The van der Waals surface area contributed by atoms with Crippen LogP contribution in [0.1, 0.15) is 0 Å². The fourth-order valence-corrected chi connectivity index (χ4v) is 9.00. The van der Waals surface area contributed by atoms with E-state index in [0.29, 0.717) is 5.71 Å². The Balaban J connectivity index is 1.04. The normalized spacial score (nSPS) is 12.0. The number of hydrogen-bond donors (Lipinski definition) is 0. The van der Waals surface area contributed by atoms with Gasteiger partial charge in [-0.05, 0) is 84.9 Å². The molecule has 3 aromatic heterocycles. The molecule has 0 fully saturated rings. The summed E-state index contributed by atoms with van der Waals surface area (Å²) in [6.45, 7) is 0. The van der Waals surface area contributed by atoms with Gasteiger partial charge in [0.2, 0.25) is 5.71 Å². The molecule has 0 amide bonds. The smallest absolute Gasteiger partial charge is 0.246 e. The van der Waals surface area contributed by atoms with Crippen molar-refractivity contribution in [2.24, 2.45) is 0 Å². The van der Waals surface area contributed by atoms with E-state index in [-0.39, 0.29) is 0 Å². The zero-order valence-electron chi connectivity index (χ0n) is 26.7. The third-order valence-electron chi connectivity index (χ3n) is 10.1. The highest BCUT2D eigenvalue weighted by molar-refractivity contribution is 7.26. The van der Waals surface area contributed by atoms with Gasteiger partial charge < -0.3 is 4.42 Å². The molecule has 4 heteroatoms. The second kappa shape index (κ2) is 10.6. The first-order chi connectivity index (χ1) is 24.8. The van der Waals surface area contributed by atoms with Crippen molar-refractivity contribution >= 4 is 86.0 Å². The van der Waals surface area contributed by atoms with Gasteiger partial charge >= 0.3 is 0 Å². The quantitative estimate of drug-likeness (QED) is 0.178. The molecule has 0 unspecified atom stereocenters. The summed E-state index contributed by atoms with van der Waals surface area (Å²) in [5.41, 5.74) is 8.60. The van der Waals surface area contributed by atoms with E-state index >= 15 is 0 Å². The Labute approximate surface area is 290 Å². The van der Waals surface area contributed by atoms with E-state index < -0.39 is 0 Å². The Morgan fingerprint density at radius 3 is 1.86 bits per heavy atom. The molecule has 0 atom stereocenters. The highest BCUT2D eigenvalue weighted by atomic mass is 32.1. The number of furan rings is 1. The molecule has 11 rings (SSSR count). The molecular formula is C46H26N2OS. The molecule has 3 nitrogen and oxygen atoms in total. The monoisotopic (exact) mass is 654 g/mol. The van der Waals surface area contributed by atoms with Gasteiger partial charge in [0, 0.05) is 31.1 Å². The van der Waals surface area contributed by atoms with Gasteiger partial charge in [-0.2, -0.15) is 0 Å². The minimum Gasteiger partial charge on any atom is -0.436 e. The van der Waals surface area contributed by atoms with Crippen molar-refractivity contribution in [3.05, 3.63) is 158 Å². The first-order valence-electron chi connectivity index (χ1n) is 16.8. The highest BCUT2D eigenvalue weighted by Gasteiger charge is 2.16. The molecule has 0 bridgehead atoms. The van der Waals surface area contributed by atoms with E-state index in [2.05, 4.69) is 146 Å². The van der Waals surface area contributed by atoms with Crippen molar-refractivity contribution in [3.63, 3.8) is 0 Å². The van der Waals surface area contributed by atoms with E-state index in [9.17, 15) is 0 Å². The second-order valence-corrected chi connectivity index (χ2v) is 14.0. The zero-order chi connectivity index (χ0) is 32.8. The molecule has 232 valence electrons. The topological polar surface area (TPSA) is 38.9 Å². The summed E-state index contributed by atoms with van der Waals surface area (Å²) in [5.74, 6) is 0. The third-order valence-corrected chi connectivity index (χ3v) is 11.4. The average Bonchev–Trinajstić information content (AvgIpc) is 3.75. The minimum absolute atomic E-state index is 0.545. The standard InChI is InChI=1S/C46H26N2OS/c1-2-13-34-32(11-1)33-12-3-4-14-35(33)39-24-27(19-21-36(34)39)28-20-22-42-40(25-28)44-46(49-42)47-26-41(48-44)30-10-7-9-29(23-30)31-16-8-17-38-37-15-5-6-18-43(37)50-45(31)38/h1-26H. The van der Waals surface area contributed by atoms with Crippen molar-refractivity contribution < 1.29 is 4.42 Å². The molecule has 3 heterocycles. The summed E-state index contributed by atoms with van der Waals surface area (Å²) in [6, 6.07) is 54.5. The maximum Gasteiger partial charge on any atom is 0.246 e. The van der Waals surface area contributed by atoms with Gasteiger partial charge in [-0.3, -0.25) is 0 Å². The summed E-state index contributed by atoms with van der Waals surface area (Å²) < 4.78 is 8.81. The molecule has 0 aliphatic heterocycles. The maximum atomic E-state index is 6.21. The van der Waals surface area contributed by atoms with Crippen LogP contribution in [0.15, 0.2) is 162 Å². The van der Waals surface area contributed by atoms with E-state index in [1.54, 1.807) is 0 Å². The lowest BCUT2D eigenvalue weighted by Gasteiger charge is -2.12. The van der Waals surface area contributed by atoms with Crippen LogP contribution in [0.2, 0.25) is 0 Å². The van der Waals surface area contributed by atoms with Crippen LogP contribution in [0.4, 0.5) is 0 Å². The van der Waals surface area contributed by atoms with Crippen LogP contribution in [0.5, 0.6) is 0 Å². The number of thiophene rings is 1. The van der Waals surface area contributed by atoms with E-state index in [4.69, 9.17) is 14.4 Å². The molecule has 0 radical (unpaired) electrons. The Morgan fingerprint density at radius 1 is 0.440 bits per heavy atom. The fraction of sp³-hybridized carbons (Fsp3) is 0. The van der Waals surface area contributed by atoms with E-state index in [0.717, 1.165) is 44.4 Å². The number of rotatable bonds is 3. The lowest BCUT2D eigenvalue weighted by atomic mass is 9.92. The van der Waals surface area contributed by atoms with Crippen LogP contribution in [0, 0.1) is 0 Å². The second-order valence-electron chi connectivity index (χ2n) is 12.9. The van der Waals surface area contributed by atoms with Gasteiger partial charge in [0.1, 0.15) is 11.1 Å². The van der Waals surface area contributed by atoms with Gasteiger partial charge in [-0.1, -0.05) is 121 Å². The summed E-state index contributed by atoms with van der Waals surface area (Å²) in [6.07, 6.45) is 1.82. The summed E-state index contributed by atoms with van der Waals surface area (Å²) in [5, 5.41) is 11.2. The van der Waals surface area contributed by atoms with Crippen molar-refractivity contribution in [1.29, 1.82) is 0 Å². The number of nitrogens with zero attached hydrogens (tertiary/aromatic N) is 2. The van der Waals surface area contributed by atoms with E-state index in [1.807, 2.05) is 23.6 Å². The average molecular weight is 655 g/mol. The lowest BCUT2D eigenvalue weighted by molar-refractivity contribution is 0.653. The van der Waals surface area contributed by atoms with Crippen LogP contribution >= 0.6 is 11.3 Å². The van der Waals surface area contributed by atoms with Gasteiger partial charge in [0.15, 0.2) is 0 Å². The molecule has 0 N–H and O–H groups in total. The van der Waals surface area contributed by atoms with Crippen molar-refractivity contribution in [2.75, 3.05) is 0 Å². The van der Waals surface area contributed by atoms with Gasteiger partial charge in [-0.15, -0.1) is 11.3 Å². The first-order valence-corrected chi connectivity index (χ1v) is 17.6. The Hall–Kier alpha value is -6.36. The SMILES string of the molecule is c1cc(-c2cnc3oc4ccc(-c5ccc6c7ccccc7c7ccccc7c6c5)cc4c3n2)cc(-c2cccc3c2sc2ccccc23)c1. The Bertz CT molecular complexity index is 3130. The largest absolute Gasteiger partial charge is 0.436 e. The lowest BCUT2D eigenvalue weighted by Crippen LogP contribution is -1.88. The van der Waals surface area contributed by atoms with Crippen LogP contribution in [0.3, 0.4) is 0 Å². The molecule has 0 saturated carbocycles. The predicted octanol–water partition coefficient (Wildman–Crippen LogP) is 13.2. The van der Waals surface area contributed by atoms with Gasteiger partial charge in [-0.25, -0.2) is 9.97 Å². The summed E-state index contributed by atoms with van der Waals surface area (Å²) in [4.78, 5) is 9.93. The Morgan fingerprint density at radius 2 is 1.06 bits per heavy atom. The molecule has 50 heavy (non-hydrogen) atoms. The number of benzene rings is 8. The van der Waals surface area contributed by atoms with Crippen LogP contribution in [0.25, 0.3) is 108 Å². The third kappa shape index (κ3) is 4.09. The number of fused-ring (bicyclic) bond motifs is 12. The van der Waals surface area contributed by atoms with Gasteiger partial charge in [0.05, 0.1) is 11.9 Å². The van der Waals surface area contributed by atoms with Gasteiger partial charge in [0.25, 0.3) is 0 Å². The zero-order valence-corrected chi connectivity index (χ0v) is 27.5. The van der Waals surface area contributed by atoms with Crippen molar-refractivity contribution in [1.82, 2.24) is 9.97 Å². The fourth-order valence-electron chi connectivity index (χ4n) is 7.76. The molecular weight excluding hydrogens is 629 g/mol. The molecule has 0 saturated heterocycles. The molecule has 0 spiro atoms. The number of hydrogen-bond acceptors (Lipinski definition) is 4. The van der Waals surface area contributed by atoms with Crippen molar-refractivity contribution in [3.8, 4) is 33.5 Å². The summed E-state index contributed by atoms with van der Waals surface area (Å²) >= 11 is 1.85.